The van der Waals surface area contributed by atoms with Crippen LogP contribution in [0.3, 0.4) is 0 Å². The van der Waals surface area contributed by atoms with Gasteiger partial charge in [0.25, 0.3) is 0 Å². The number of amidine groups is 1. The van der Waals surface area contributed by atoms with Gasteiger partial charge in [-0.2, -0.15) is 5.26 Å². The number of rotatable bonds is 5. The van der Waals surface area contributed by atoms with Crippen LogP contribution in [0, 0.1) is 11.3 Å². The molecule has 0 aliphatic carbocycles. The molecule has 3 amide bonds. The van der Waals surface area contributed by atoms with Gasteiger partial charge in [-0.3, -0.25) is 14.7 Å². The van der Waals surface area contributed by atoms with E-state index in [4.69, 9.17) is 21.3 Å². The van der Waals surface area contributed by atoms with Crippen LogP contribution in [0.4, 0.5) is 4.79 Å². The Kier molecular flexibility index (Phi) is 7.31. The second-order valence-electron chi connectivity index (χ2n) is 9.92. The van der Waals surface area contributed by atoms with E-state index in [-0.39, 0.29) is 24.6 Å². The van der Waals surface area contributed by atoms with Gasteiger partial charge >= 0.3 is 6.03 Å². The standard InChI is InChI=1S/C29H29ClN6O3/c1-18(2)39-24-14-19(15-31)4-9-23(24)28-33-26(20-5-7-22(30)8-6-20)27(21-10-12-34(3)16-21)36(28)29(38)35-13-11-32-25(37)17-35/h4-10,12,14,16,18,26-27H,11,13,17H2,1-3H3,(H,32,37)/t26-,27+/m0/s1. The summed E-state index contributed by atoms with van der Waals surface area (Å²) in [6, 6.07) is 15.4. The van der Waals surface area contributed by atoms with Gasteiger partial charge in [0.1, 0.15) is 24.2 Å². The van der Waals surface area contributed by atoms with Crippen LogP contribution < -0.4 is 10.1 Å². The minimum absolute atomic E-state index is 0.0432. The fourth-order valence-electron chi connectivity index (χ4n) is 4.98. The van der Waals surface area contributed by atoms with Crippen molar-refractivity contribution in [3.8, 4) is 11.8 Å². The van der Waals surface area contributed by atoms with Gasteiger partial charge in [-0.25, -0.2) is 4.79 Å². The van der Waals surface area contributed by atoms with Gasteiger partial charge in [-0.05, 0) is 61.4 Å². The van der Waals surface area contributed by atoms with Crippen molar-refractivity contribution in [3.63, 3.8) is 0 Å². The van der Waals surface area contributed by atoms with Crippen LogP contribution >= 0.6 is 11.6 Å². The quantitative estimate of drug-likeness (QED) is 0.513. The fourth-order valence-corrected chi connectivity index (χ4v) is 5.10. The van der Waals surface area contributed by atoms with Crippen LogP contribution in [0.25, 0.3) is 0 Å². The van der Waals surface area contributed by atoms with Gasteiger partial charge in [0, 0.05) is 37.6 Å². The summed E-state index contributed by atoms with van der Waals surface area (Å²) in [6.07, 6.45) is 3.73. The molecule has 0 spiro atoms. The number of aromatic nitrogens is 1. The zero-order valence-electron chi connectivity index (χ0n) is 22.0. The molecule has 9 nitrogen and oxygen atoms in total. The number of nitriles is 1. The summed E-state index contributed by atoms with van der Waals surface area (Å²) in [5.74, 6) is 0.667. The molecule has 2 aliphatic rings. The van der Waals surface area contributed by atoms with Crippen LogP contribution in [0.2, 0.25) is 5.02 Å². The molecule has 10 heteroatoms. The van der Waals surface area contributed by atoms with E-state index in [1.54, 1.807) is 28.0 Å². The van der Waals surface area contributed by atoms with Crippen molar-refractivity contribution in [2.75, 3.05) is 19.6 Å². The third-order valence-electron chi connectivity index (χ3n) is 6.70. The molecular weight excluding hydrogens is 516 g/mol. The van der Waals surface area contributed by atoms with E-state index in [1.165, 1.54) is 0 Å². The molecule has 39 heavy (non-hydrogen) atoms. The molecule has 2 aromatic carbocycles. The zero-order valence-corrected chi connectivity index (χ0v) is 22.7. The number of hydrogen-bond acceptors (Lipinski definition) is 5. The Labute approximate surface area is 232 Å². The summed E-state index contributed by atoms with van der Waals surface area (Å²) in [7, 11) is 1.92. The third-order valence-corrected chi connectivity index (χ3v) is 6.96. The average Bonchev–Trinajstić information content (AvgIpc) is 3.52. The zero-order chi connectivity index (χ0) is 27.7. The number of amides is 3. The van der Waals surface area contributed by atoms with Crippen molar-refractivity contribution in [1.29, 1.82) is 5.26 Å². The maximum absolute atomic E-state index is 14.3. The number of benzene rings is 2. The van der Waals surface area contributed by atoms with E-state index in [0.29, 0.717) is 40.8 Å². The minimum Gasteiger partial charge on any atom is -0.490 e. The number of nitrogens with zero attached hydrogens (tertiary/aromatic N) is 5. The van der Waals surface area contributed by atoms with E-state index in [9.17, 15) is 14.9 Å². The number of carbonyl (C=O) groups is 2. The first-order valence-electron chi connectivity index (χ1n) is 12.8. The molecule has 200 valence electrons. The number of ether oxygens (including phenoxy) is 1. The number of piperazine rings is 1. The van der Waals surface area contributed by atoms with Crippen LogP contribution in [0.1, 0.15) is 48.2 Å². The monoisotopic (exact) mass is 544 g/mol. The van der Waals surface area contributed by atoms with Gasteiger partial charge in [-0.15, -0.1) is 0 Å². The van der Waals surface area contributed by atoms with Crippen molar-refractivity contribution < 1.29 is 14.3 Å². The molecule has 1 fully saturated rings. The Morgan fingerprint density at radius 3 is 2.59 bits per heavy atom. The highest BCUT2D eigenvalue weighted by Crippen LogP contribution is 2.45. The minimum atomic E-state index is -0.498. The molecule has 0 bridgehead atoms. The lowest BCUT2D eigenvalue weighted by atomic mass is 9.95. The lowest BCUT2D eigenvalue weighted by molar-refractivity contribution is -0.123. The number of halogens is 1. The Bertz CT molecular complexity index is 1470. The van der Waals surface area contributed by atoms with Crippen molar-refractivity contribution in [2.24, 2.45) is 12.0 Å². The number of aliphatic imine (C=N–C) groups is 1. The largest absolute Gasteiger partial charge is 0.490 e. The second kappa shape index (κ2) is 10.8. The van der Waals surface area contributed by atoms with E-state index in [1.807, 2.05) is 68.2 Å². The molecule has 1 N–H and O–H groups in total. The molecule has 3 heterocycles. The maximum Gasteiger partial charge on any atom is 0.326 e. The van der Waals surface area contributed by atoms with Gasteiger partial charge in [0.15, 0.2) is 0 Å². The van der Waals surface area contributed by atoms with Crippen LogP contribution in [0.5, 0.6) is 5.75 Å². The lowest BCUT2D eigenvalue weighted by Gasteiger charge is -2.35. The van der Waals surface area contributed by atoms with Crippen molar-refractivity contribution in [3.05, 3.63) is 88.2 Å². The summed E-state index contributed by atoms with van der Waals surface area (Å²) in [4.78, 5) is 34.9. The van der Waals surface area contributed by atoms with Gasteiger partial charge in [-0.1, -0.05) is 23.7 Å². The Morgan fingerprint density at radius 2 is 1.95 bits per heavy atom. The number of hydrogen-bond donors (Lipinski definition) is 1. The Morgan fingerprint density at radius 1 is 1.18 bits per heavy atom. The van der Waals surface area contributed by atoms with Crippen molar-refractivity contribution >= 4 is 29.4 Å². The molecule has 1 aromatic heterocycles. The van der Waals surface area contributed by atoms with Crippen molar-refractivity contribution in [2.45, 2.75) is 32.0 Å². The first-order chi connectivity index (χ1) is 18.7. The summed E-state index contributed by atoms with van der Waals surface area (Å²) in [5, 5.41) is 12.9. The Balaban J connectivity index is 1.70. The molecule has 0 unspecified atom stereocenters. The molecule has 2 atom stereocenters. The SMILES string of the molecule is CC(C)Oc1cc(C#N)ccc1C1=N[C@@H](c2ccc(Cl)cc2)[C@@H](c2ccn(C)c2)N1C(=O)N1CCNC(=O)C1. The molecular formula is C29H29ClN6O3. The molecule has 0 radical (unpaired) electrons. The van der Waals surface area contributed by atoms with Gasteiger partial charge in [0.2, 0.25) is 5.91 Å². The number of carbonyl (C=O) groups excluding carboxylic acids is 2. The molecule has 2 aliphatic heterocycles. The van der Waals surface area contributed by atoms with E-state index >= 15 is 0 Å². The average molecular weight is 545 g/mol. The predicted octanol–water partition coefficient (Wildman–Crippen LogP) is 4.43. The maximum atomic E-state index is 14.3. The summed E-state index contributed by atoms with van der Waals surface area (Å²) < 4.78 is 8.05. The van der Waals surface area contributed by atoms with E-state index in [0.717, 1.165) is 11.1 Å². The summed E-state index contributed by atoms with van der Waals surface area (Å²) >= 11 is 6.20. The fraction of sp³-hybridized carbons (Fsp3) is 0.310. The second-order valence-corrected chi connectivity index (χ2v) is 10.4. The van der Waals surface area contributed by atoms with Crippen molar-refractivity contribution in [1.82, 2.24) is 19.7 Å². The highest BCUT2D eigenvalue weighted by atomic mass is 35.5. The molecule has 1 saturated heterocycles. The molecule has 0 saturated carbocycles. The number of urea groups is 1. The third kappa shape index (κ3) is 5.33. The van der Waals surface area contributed by atoms with Gasteiger partial charge < -0.3 is 19.5 Å². The van der Waals surface area contributed by atoms with Gasteiger partial charge in [0.05, 0.1) is 29.3 Å². The van der Waals surface area contributed by atoms with E-state index < -0.39 is 12.1 Å². The first-order valence-corrected chi connectivity index (χ1v) is 13.1. The number of nitrogens with one attached hydrogen (secondary N) is 1. The highest BCUT2D eigenvalue weighted by molar-refractivity contribution is 6.30. The summed E-state index contributed by atoms with van der Waals surface area (Å²) in [5.41, 5.74) is 2.81. The smallest absolute Gasteiger partial charge is 0.326 e. The number of aryl methyl sites for hydroxylation is 1. The summed E-state index contributed by atoms with van der Waals surface area (Å²) in [6.45, 7) is 4.51. The lowest BCUT2D eigenvalue weighted by Crippen LogP contribution is -2.55. The van der Waals surface area contributed by atoms with E-state index in [2.05, 4.69) is 11.4 Å². The molecule has 5 rings (SSSR count). The normalized spacial score (nSPS) is 19.1. The van der Waals surface area contributed by atoms with Crippen LogP contribution in [-0.2, 0) is 11.8 Å². The topological polar surface area (TPSA) is 103 Å². The highest BCUT2D eigenvalue weighted by Gasteiger charge is 2.45. The molecule has 3 aromatic rings. The van der Waals surface area contributed by atoms with Crippen LogP contribution in [0.15, 0.2) is 65.9 Å². The Hall–Kier alpha value is -4.29. The first kappa shape index (κ1) is 26.3. The van der Waals surface area contributed by atoms with Crippen LogP contribution in [-0.4, -0.2) is 57.9 Å². The predicted molar refractivity (Wildman–Crippen MR) is 148 cm³/mol.